The van der Waals surface area contributed by atoms with E-state index < -0.39 is 5.60 Å². The number of nitrogens with zero attached hydrogens (tertiary/aromatic N) is 2. The Morgan fingerprint density at radius 2 is 2.21 bits per heavy atom. The molecule has 0 aliphatic carbocycles. The number of hydrogen-bond acceptors (Lipinski definition) is 4. The number of anilines is 1. The minimum absolute atomic E-state index is 0.237. The lowest BCUT2D eigenvalue weighted by molar-refractivity contribution is 0.0458. The summed E-state index contributed by atoms with van der Waals surface area (Å²) in [5, 5.41) is 17.3. The highest BCUT2D eigenvalue weighted by Crippen LogP contribution is 2.26. The minimum Gasteiger partial charge on any atom is -0.390 e. The van der Waals surface area contributed by atoms with Gasteiger partial charge in [-0.3, -0.25) is 5.32 Å². The number of halogens is 1. The van der Waals surface area contributed by atoms with E-state index in [1.165, 1.54) is 0 Å². The van der Waals surface area contributed by atoms with Crippen LogP contribution in [0.15, 0.2) is 34.9 Å². The summed E-state index contributed by atoms with van der Waals surface area (Å²) in [5.41, 5.74) is 0.0872. The van der Waals surface area contributed by atoms with E-state index in [9.17, 15) is 9.90 Å². The number of aliphatic hydroxyl groups is 1. The van der Waals surface area contributed by atoms with Crippen molar-refractivity contribution in [2.45, 2.75) is 31.8 Å². The largest absolute Gasteiger partial charge is 0.390 e. The molecule has 1 aliphatic rings. The lowest BCUT2D eigenvalue weighted by atomic mass is 9.98. The quantitative estimate of drug-likeness (QED) is 0.865. The zero-order chi connectivity index (χ0) is 17.2. The molecule has 1 fully saturated rings. The number of nitrogens with one attached hydrogen (secondary N) is 1. The van der Waals surface area contributed by atoms with Crippen molar-refractivity contribution in [1.82, 2.24) is 10.1 Å². The second-order valence-electron chi connectivity index (χ2n) is 6.35. The SMILES string of the molecule is C[C@@]1(O)CCCN(C(=O)Nc2cc(-c3cccc(Cl)c3)on2)CC1. The van der Waals surface area contributed by atoms with Crippen molar-refractivity contribution in [3.63, 3.8) is 0 Å². The number of carbonyl (C=O) groups excluding carboxylic acids is 1. The van der Waals surface area contributed by atoms with Crippen molar-refractivity contribution in [1.29, 1.82) is 0 Å². The van der Waals surface area contributed by atoms with E-state index in [-0.39, 0.29) is 6.03 Å². The monoisotopic (exact) mass is 349 g/mol. The Morgan fingerprint density at radius 3 is 3.00 bits per heavy atom. The normalized spacial score (nSPS) is 21.4. The number of carbonyl (C=O) groups is 1. The molecule has 1 aliphatic heterocycles. The Bertz CT molecular complexity index is 729. The molecule has 1 saturated heterocycles. The predicted octanol–water partition coefficient (Wildman–Crippen LogP) is 3.76. The van der Waals surface area contributed by atoms with Crippen LogP contribution >= 0.6 is 11.6 Å². The van der Waals surface area contributed by atoms with Gasteiger partial charge in [-0.15, -0.1) is 0 Å². The van der Waals surface area contributed by atoms with Crippen LogP contribution in [0.4, 0.5) is 10.6 Å². The molecule has 3 rings (SSSR count). The Kier molecular flexibility index (Phi) is 4.78. The average molecular weight is 350 g/mol. The van der Waals surface area contributed by atoms with Gasteiger partial charge >= 0.3 is 6.03 Å². The van der Waals surface area contributed by atoms with Gasteiger partial charge in [0.25, 0.3) is 0 Å². The fourth-order valence-corrected chi connectivity index (χ4v) is 2.96. The Labute approximate surface area is 145 Å². The first kappa shape index (κ1) is 16.8. The van der Waals surface area contributed by atoms with E-state index in [0.29, 0.717) is 42.5 Å². The molecule has 6 nitrogen and oxygen atoms in total. The van der Waals surface area contributed by atoms with E-state index in [1.54, 1.807) is 23.1 Å². The molecule has 0 radical (unpaired) electrons. The number of likely N-dealkylation sites (tertiary alicyclic amines) is 1. The summed E-state index contributed by atoms with van der Waals surface area (Å²) >= 11 is 5.97. The molecule has 128 valence electrons. The lowest BCUT2D eigenvalue weighted by Crippen LogP contribution is -2.36. The summed E-state index contributed by atoms with van der Waals surface area (Å²) < 4.78 is 5.27. The topological polar surface area (TPSA) is 78.6 Å². The van der Waals surface area contributed by atoms with Gasteiger partial charge in [-0.1, -0.05) is 28.9 Å². The number of aromatic nitrogens is 1. The number of urea groups is 1. The highest BCUT2D eigenvalue weighted by Gasteiger charge is 2.27. The molecule has 2 amide bonds. The Balaban J connectivity index is 1.65. The van der Waals surface area contributed by atoms with Gasteiger partial charge in [-0.05, 0) is 38.3 Å². The summed E-state index contributed by atoms with van der Waals surface area (Å²) in [4.78, 5) is 14.1. The van der Waals surface area contributed by atoms with Gasteiger partial charge in [-0.25, -0.2) is 4.79 Å². The molecule has 2 heterocycles. The third-order valence-corrected chi connectivity index (χ3v) is 4.44. The van der Waals surface area contributed by atoms with Crippen LogP contribution in [0.3, 0.4) is 0 Å². The van der Waals surface area contributed by atoms with Gasteiger partial charge in [0.2, 0.25) is 0 Å². The molecule has 7 heteroatoms. The molecule has 2 aromatic rings. The fraction of sp³-hybridized carbons (Fsp3) is 0.412. The van der Waals surface area contributed by atoms with Crippen molar-refractivity contribution < 1.29 is 14.4 Å². The second kappa shape index (κ2) is 6.83. The molecule has 0 spiro atoms. The van der Waals surface area contributed by atoms with E-state index >= 15 is 0 Å². The fourth-order valence-electron chi connectivity index (χ4n) is 2.77. The first-order valence-corrected chi connectivity index (χ1v) is 8.32. The van der Waals surface area contributed by atoms with E-state index in [2.05, 4.69) is 10.5 Å². The van der Waals surface area contributed by atoms with Crippen molar-refractivity contribution in [3.8, 4) is 11.3 Å². The van der Waals surface area contributed by atoms with Crippen molar-refractivity contribution in [2.24, 2.45) is 0 Å². The van der Waals surface area contributed by atoms with Crippen LogP contribution in [0.5, 0.6) is 0 Å². The summed E-state index contributed by atoms with van der Waals surface area (Å²) in [7, 11) is 0. The number of hydrogen-bond donors (Lipinski definition) is 2. The maximum atomic E-state index is 12.4. The Hall–Kier alpha value is -2.05. The lowest BCUT2D eigenvalue weighted by Gasteiger charge is -2.22. The number of amides is 2. The molecule has 1 atom stereocenters. The highest BCUT2D eigenvalue weighted by molar-refractivity contribution is 6.30. The van der Waals surface area contributed by atoms with E-state index in [0.717, 1.165) is 12.0 Å². The van der Waals surface area contributed by atoms with Gasteiger partial charge in [0.15, 0.2) is 11.6 Å². The standard InChI is InChI=1S/C17H20ClN3O3/c1-17(23)6-3-8-21(9-7-17)16(22)19-15-11-14(24-20-15)12-4-2-5-13(18)10-12/h2,4-5,10-11,23H,3,6-9H2,1H3,(H,19,20,22)/t17-/m1/s1. The van der Waals surface area contributed by atoms with Gasteiger partial charge in [0, 0.05) is 29.7 Å². The smallest absolute Gasteiger partial charge is 0.323 e. The van der Waals surface area contributed by atoms with Crippen molar-refractivity contribution in [3.05, 3.63) is 35.4 Å². The summed E-state index contributed by atoms with van der Waals surface area (Å²) in [6.07, 6.45) is 2.03. The number of rotatable bonds is 2. The highest BCUT2D eigenvalue weighted by atomic mass is 35.5. The van der Waals surface area contributed by atoms with E-state index in [1.807, 2.05) is 19.1 Å². The molecular formula is C17H20ClN3O3. The third-order valence-electron chi connectivity index (χ3n) is 4.21. The van der Waals surface area contributed by atoms with Gasteiger partial charge < -0.3 is 14.5 Å². The summed E-state index contributed by atoms with van der Waals surface area (Å²) in [6, 6.07) is 8.65. The second-order valence-corrected chi connectivity index (χ2v) is 6.79. The van der Waals surface area contributed by atoms with Crippen LogP contribution in [-0.4, -0.2) is 39.9 Å². The molecule has 1 aromatic carbocycles. The predicted molar refractivity (Wildman–Crippen MR) is 92.0 cm³/mol. The van der Waals surface area contributed by atoms with E-state index in [4.69, 9.17) is 16.1 Å². The summed E-state index contributed by atoms with van der Waals surface area (Å²) in [5.74, 6) is 0.887. The third kappa shape index (κ3) is 4.07. The molecule has 24 heavy (non-hydrogen) atoms. The van der Waals surface area contributed by atoms with Gasteiger partial charge in [0.05, 0.1) is 5.60 Å². The number of benzene rings is 1. The van der Waals surface area contributed by atoms with Crippen molar-refractivity contribution >= 4 is 23.4 Å². The first-order valence-electron chi connectivity index (χ1n) is 7.94. The molecule has 0 saturated carbocycles. The zero-order valence-electron chi connectivity index (χ0n) is 13.5. The molecule has 0 bridgehead atoms. The van der Waals surface area contributed by atoms with Crippen LogP contribution in [0.25, 0.3) is 11.3 Å². The maximum Gasteiger partial charge on any atom is 0.323 e. The van der Waals surface area contributed by atoms with Crippen LogP contribution in [0.2, 0.25) is 5.02 Å². The molecule has 2 N–H and O–H groups in total. The van der Waals surface area contributed by atoms with Crippen molar-refractivity contribution in [2.75, 3.05) is 18.4 Å². The van der Waals surface area contributed by atoms with Crippen LogP contribution in [0.1, 0.15) is 26.2 Å². The van der Waals surface area contributed by atoms with Crippen LogP contribution in [-0.2, 0) is 0 Å². The maximum absolute atomic E-state index is 12.4. The minimum atomic E-state index is -0.706. The van der Waals surface area contributed by atoms with Crippen LogP contribution < -0.4 is 5.32 Å². The molecule has 1 aromatic heterocycles. The molecule has 0 unspecified atom stereocenters. The summed E-state index contributed by atoms with van der Waals surface area (Å²) in [6.45, 7) is 2.93. The molecular weight excluding hydrogens is 330 g/mol. The zero-order valence-corrected chi connectivity index (χ0v) is 14.2. The first-order chi connectivity index (χ1) is 11.4. The average Bonchev–Trinajstić information content (AvgIpc) is 2.90. The van der Waals surface area contributed by atoms with Crippen LogP contribution in [0, 0.1) is 0 Å². The van der Waals surface area contributed by atoms with Gasteiger partial charge in [0.1, 0.15) is 0 Å². The van der Waals surface area contributed by atoms with Gasteiger partial charge in [-0.2, -0.15) is 0 Å². The Morgan fingerprint density at radius 1 is 1.38 bits per heavy atom.